The molecular weight excluding hydrogens is 495 g/mol. The molecule has 0 saturated carbocycles. The summed E-state index contributed by atoms with van der Waals surface area (Å²) in [5.41, 5.74) is 3.75. The molecule has 2 N–H and O–H groups in total. The molecule has 3 aromatic carbocycles. The van der Waals surface area contributed by atoms with Gasteiger partial charge in [-0.25, -0.2) is 14.1 Å². The summed E-state index contributed by atoms with van der Waals surface area (Å²) < 4.78 is 6.26. The fourth-order valence-corrected chi connectivity index (χ4v) is 3.95. The van der Waals surface area contributed by atoms with Gasteiger partial charge in [0, 0.05) is 6.54 Å². The van der Waals surface area contributed by atoms with Crippen molar-refractivity contribution in [2.24, 2.45) is 0 Å². The molecule has 0 fully saturated rings. The fraction of sp³-hybridized carbons (Fsp3) is 0.125. The van der Waals surface area contributed by atoms with Gasteiger partial charge >= 0.3 is 6.03 Å². The van der Waals surface area contributed by atoms with Crippen molar-refractivity contribution in [3.8, 4) is 22.6 Å². The number of phenolic OH excluding ortho intramolecular Hbond substituents is 1. The number of ether oxygens (including phenoxy) is 1. The van der Waals surface area contributed by atoms with Gasteiger partial charge in [-0.15, -0.1) is 0 Å². The first kappa shape index (κ1) is 23.9. The highest BCUT2D eigenvalue weighted by Crippen LogP contribution is 2.37. The van der Waals surface area contributed by atoms with Gasteiger partial charge in [-0.2, -0.15) is 0 Å². The van der Waals surface area contributed by atoms with Crippen LogP contribution >= 0.6 is 36.0 Å². The van der Waals surface area contributed by atoms with Crippen LogP contribution < -0.4 is 14.4 Å². The molecule has 7 nitrogen and oxygen atoms in total. The molecule has 0 bridgehead atoms. The Hall–Kier alpha value is -3.20. The van der Waals surface area contributed by atoms with Crippen LogP contribution in [0.2, 0.25) is 10.0 Å². The van der Waals surface area contributed by atoms with E-state index in [2.05, 4.69) is 28.1 Å². The third kappa shape index (κ3) is 5.30. The zero-order valence-corrected chi connectivity index (χ0v) is 20.4. The lowest BCUT2D eigenvalue weighted by atomic mass is 10.0. The summed E-state index contributed by atoms with van der Waals surface area (Å²) in [6.45, 7) is 0.426. The third-order valence-electron chi connectivity index (χ3n) is 5.14. The number of methoxy groups -OCH3 is 1. The Labute approximate surface area is 211 Å². The average Bonchev–Trinajstić information content (AvgIpc) is 2.86. The third-order valence-corrected chi connectivity index (χ3v) is 6.10. The number of hydrogen-bond donors (Lipinski definition) is 3. The van der Waals surface area contributed by atoms with E-state index in [1.807, 2.05) is 30.3 Å². The maximum absolute atomic E-state index is 12.6. The van der Waals surface area contributed by atoms with Crippen molar-refractivity contribution in [1.29, 1.82) is 0 Å². The number of fused-ring (bicyclic) bond motifs is 1. The maximum Gasteiger partial charge on any atom is 0.333 e. The van der Waals surface area contributed by atoms with Gasteiger partial charge in [-0.1, -0.05) is 54.2 Å². The number of thiol groups is 1. The van der Waals surface area contributed by atoms with Crippen molar-refractivity contribution in [3.05, 3.63) is 76.4 Å². The molecule has 1 heterocycles. The standard InChI is InChI=1S/C24H20Cl2N4O3S/c1-33-17-5-2-14(3-6-17)8-9-27-24(32)30(34)22-13-28-20-7-4-15(12-21(20)29-22)16-10-18(25)23(31)19(26)11-16/h2-7,10-13,31,34H,8-9H2,1H3,(H,27,32). The summed E-state index contributed by atoms with van der Waals surface area (Å²) in [7, 11) is 1.62. The Kier molecular flexibility index (Phi) is 7.31. The smallest absolute Gasteiger partial charge is 0.333 e. The second-order valence-electron chi connectivity index (χ2n) is 7.36. The minimum atomic E-state index is -0.418. The summed E-state index contributed by atoms with van der Waals surface area (Å²) in [4.78, 5) is 21.5. The molecule has 4 rings (SSSR count). The van der Waals surface area contributed by atoms with Crippen molar-refractivity contribution in [3.63, 3.8) is 0 Å². The number of nitrogens with one attached hydrogen (secondary N) is 1. The molecule has 1 aromatic heterocycles. The number of carbonyl (C=O) groups is 1. The predicted molar refractivity (Wildman–Crippen MR) is 138 cm³/mol. The van der Waals surface area contributed by atoms with E-state index in [1.54, 1.807) is 31.4 Å². The summed E-state index contributed by atoms with van der Waals surface area (Å²) in [5, 5.41) is 12.9. The first-order chi connectivity index (χ1) is 16.4. The zero-order chi connectivity index (χ0) is 24.2. The molecule has 0 aliphatic heterocycles. The van der Waals surface area contributed by atoms with Gasteiger partial charge in [0.1, 0.15) is 5.75 Å². The van der Waals surface area contributed by atoms with E-state index in [9.17, 15) is 9.90 Å². The monoisotopic (exact) mass is 514 g/mol. The quantitative estimate of drug-likeness (QED) is 0.278. The topological polar surface area (TPSA) is 87.6 Å². The lowest BCUT2D eigenvalue weighted by Crippen LogP contribution is -2.35. The van der Waals surface area contributed by atoms with Crippen LogP contribution in [-0.2, 0) is 6.42 Å². The Bertz CT molecular complexity index is 1330. The highest BCUT2D eigenvalue weighted by Gasteiger charge is 2.15. The molecule has 0 atom stereocenters. The number of phenols is 1. The van der Waals surface area contributed by atoms with Crippen molar-refractivity contribution in [2.75, 3.05) is 18.0 Å². The van der Waals surface area contributed by atoms with E-state index in [-0.39, 0.29) is 21.6 Å². The van der Waals surface area contributed by atoms with Gasteiger partial charge in [0.05, 0.1) is 34.4 Å². The molecule has 10 heteroatoms. The van der Waals surface area contributed by atoms with Crippen LogP contribution in [0.15, 0.2) is 60.8 Å². The van der Waals surface area contributed by atoms with Gasteiger partial charge in [-0.3, -0.25) is 4.98 Å². The summed E-state index contributed by atoms with van der Waals surface area (Å²) >= 11 is 16.4. The normalized spacial score (nSPS) is 10.8. The maximum atomic E-state index is 12.6. The number of halogens is 2. The molecule has 0 spiro atoms. The fourth-order valence-electron chi connectivity index (χ4n) is 3.30. The van der Waals surface area contributed by atoms with Crippen molar-refractivity contribution < 1.29 is 14.6 Å². The van der Waals surface area contributed by atoms with E-state index in [1.165, 1.54) is 6.20 Å². The number of aromatic nitrogens is 2. The molecule has 0 aliphatic carbocycles. The lowest BCUT2D eigenvalue weighted by Gasteiger charge is -2.16. The SMILES string of the molecule is COc1ccc(CCNC(=O)N(S)c2cnc3ccc(-c4cc(Cl)c(O)c(Cl)c4)cc3n2)cc1. The molecule has 34 heavy (non-hydrogen) atoms. The van der Waals surface area contributed by atoms with Crippen LogP contribution in [0.3, 0.4) is 0 Å². The number of hydrogen-bond acceptors (Lipinski definition) is 6. The Balaban J connectivity index is 1.47. The molecule has 4 aromatic rings. The lowest BCUT2D eigenvalue weighted by molar-refractivity contribution is 0.250. The first-order valence-corrected chi connectivity index (χ1v) is 11.4. The minimum absolute atomic E-state index is 0.148. The zero-order valence-electron chi connectivity index (χ0n) is 18.0. The number of aromatic hydroxyl groups is 1. The molecule has 2 amide bonds. The number of anilines is 1. The van der Waals surface area contributed by atoms with Gasteiger partial charge < -0.3 is 15.2 Å². The molecule has 0 aliphatic rings. The number of benzene rings is 3. The second kappa shape index (κ2) is 10.4. The van der Waals surface area contributed by atoms with Gasteiger partial charge in [0.25, 0.3) is 0 Å². The van der Waals surface area contributed by atoms with Crippen LogP contribution in [-0.4, -0.2) is 34.8 Å². The average molecular weight is 515 g/mol. The van der Waals surface area contributed by atoms with Crippen molar-refractivity contribution >= 4 is 58.9 Å². The summed E-state index contributed by atoms with van der Waals surface area (Å²) in [6, 6.07) is 15.9. The van der Waals surface area contributed by atoms with E-state index in [4.69, 9.17) is 27.9 Å². The van der Waals surface area contributed by atoms with Crippen molar-refractivity contribution in [1.82, 2.24) is 15.3 Å². The van der Waals surface area contributed by atoms with E-state index in [0.29, 0.717) is 29.6 Å². The molecule has 0 radical (unpaired) electrons. The molecule has 0 saturated heterocycles. The summed E-state index contributed by atoms with van der Waals surface area (Å²) in [5.74, 6) is 0.888. The van der Waals surface area contributed by atoms with Crippen LogP contribution in [0, 0.1) is 0 Å². The van der Waals surface area contributed by atoms with Crippen LogP contribution in [0.25, 0.3) is 22.2 Å². The van der Waals surface area contributed by atoms with Crippen molar-refractivity contribution in [2.45, 2.75) is 6.42 Å². The minimum Gasteiger partial charge on any atom is -0.505 e. The molecule has 0 unspecified atom stereocenters. The van der Waals surface area contributed by atoms with Gasteiger partial charge in [0.15, 0.2) is 11.6 Å². The van der Waals surface area contributed by atoms with E-state index < -0.39 is 6.03 Å². The number of amides is 2. The van der Waals surface area contributed by atoms with Crippen LogP contribution in [0.4, 0.5) is 10.6 Å². The Morgan fingerprint density at radius 1 is 1.06 bits per heavy atom. The predicted octanol–water partition coefficient (Wildman–Crippen LogP) is 5.92. The largest absolute Gasteiger partial charge is 0.505 e. The van der Waals surface area contributed by atoms with Crippen LogP contribution in [0.1, 0.15) is 5.56 Å². The van der Waals surface area contributed by atoms with Crippen LogP contribution in [0.5, 0.6) is 11.5 Å². The second-order valence-corrected chi connectivity index (χ2v) is 8.58. The first-order valence-electron chi connectivity index (χ1n) is 10.2. The number of rotatable bonds is 6. The number of nitrogens with zero attached hydrogens (tertiary/aromatic N) is 3. The van der Waals surface area contributed by atoms with E-state index in [0.717, 1.165) is 21.2 Å². The summed E-state index contributed by atoms with van der Waals surface area (Å²) in [6.07, 6.45) is 2.13. The van der Waals surface area contributed by atoms with Gasteiger partial charge in [0.2, 0.25) is 0 Å². The number of carbonyl (C=O) groups excluding carboxylic acids is 1. The Morgan fingerprint density at radius 2 is 1.76 bits per heavy atom. The van der Waals surface area contributed by atoms with E-state index >= 15 is 0 Å². The molecule has 174 valence electrons. The highest BCUT2D eigenvalue weighted by atomic mass is 35.5. The number of urea groups is 1. The molecular formula is C24H20Cl2N4O3S. The Morgan fingerprint density at radius 3 is 2.44 bits per heavy atom. The van der Waals surface area contributed by atoms with Gasteiger partial charge in [-0.05, 0) is 59.5 Å². The highest BCUT2D eigenvalue weighted by molar-refractivity contribution is 7.82.